The minimum absolute atomic E-state index is 0.953. The van der Waals surface area contributed by atoms with Crippen LogP contribution >= 0.6 is 24.4 Å². The van der Waals surface area contributed by atoms with Gasteiger partial charge in [0.2, 0.25) is 0 Å². The van der Waals surface area contributed by atoms with Gasteiger partial charge in [-0.2, -0.15) is 12.6 Å². The molecule has 0 heterocycles. The van der Waals surface area contributed by atoms with Gasteiger partial charge in [0.25, 0.3) is 0 Å². The molecule has 0 N–H and O–H groups in total. The van der Waals surface area contributed by atoms with Gasteiger partial charge in [0, 0.05) is 4.90 Å². The third kappa shape index (κ3) is 8.48. The van der Waals surface area contributed by atoms with E-state index in [0.29, 0.717) is 0 Å². The van der Waals surface area contributed by atoms with E-state index in [0.717, 1.165) is 11.5 Å². The smallest absolute Gasteiger partial charge is 0.119 e. The van der Waals surface area contributed by atoms with E-state index < -0.39 is 0 Å². The lowest BCUT2D eigenvalue weighted by molar-refractivity contribution is 0.413. The third-order valence-corrected chi connectivity index (χ3v) is 4.51. The Hall–Kier alpha value is -0.280. The first-order valence-corrected chi connectivity index (χ1v) is 8.86. The zero-order valence-electron chi connectivity index (χ0n) is 11.9. The molecule has 1 rings (SSSR count). The molecule has 19 heavy (non-hydrogen) atoms. The molecule has 0 atom stereocenters. The van der Waals surface area contributed by atoms with E-state index in [1.807, 2.05) is 17.8 Å². The van der Waals surface area contributed by atoms with Gasteiger partial charge in [-0.05, 0) is 42.5 Å². The highest BCUT2D eigenvalue weighted by Gasteiger charge is 1.97. The van der Waals surface area contributed by atoms with Crippen LogP contribution in [0.5, 0.6) is 5.75 Å². The molecule has 0 saturated carbocycles. The number of thioether (sulfide) groups is 1. The van der Waals surface area contributed by atoms with Crippen molar-refractivity contribution in [1.29, 1.82) is 0 Å². The molecule has 0 radical (unpaired) electrons. The summed E-state index contributed by atoms with van der Waals surface area (Å²) >= 11 is 6.16. The van der Waals surface area contributed by atoms with Crippen molar-refractivity contribution >= 4 is 24.4 Å². The number of ether oxygens (including phenoxy) is 1. The van der Waals surface area contributed by atoms with E-state index in [-0.39, 0.29) is 0 Å². The summed E-state index contributed by atoms with van der Waals surface area (Å²) < 4.78 is 5.23. The first kappa shape index (κ1) is 16.8. The number of rotatable bonds is 11. The maximum absolute atomic E-state index is 5.23. The molecular formula is C16H26OS2. The van der Waals surface area contributed by atoms with Crippen LogP contribution in [0, 0.1) is 0 Å². The average Bonchev–Trinajstić information content (AvgIpc) is 2.46. The largest absolute Gasteiger partial charge is 0.497 e. The van der Waals surface area contributed by atoms with Gasteiger partial charge in [0.05, 0.1) is 7.11 Å². The van der Waals surface area contributed by atoms with Crippen molar-refractivity contribution in [1.82, 2.24) is 0 Å². The monoisotopic (exact) mass is 298 g/mol. The predicted molar refractivity (Wildman–Crippen MR) is 89.9 cm³/mol. The molecular weight excluding hydrogens is 272 g/mol. The number of hydrogen-bond acceptors (Lipinski definition) is 3. The molecule has 1 aromatic rings. The van der Waals surface area contributed by atoms with Crippen LogP contribution in [-0.2, 0) is 0 Å². The molecule has 1 nitrogen and oxygen atoms in total. The quantitative estimate of drug-likeness (QED) is 0.330. The summed E-state index contributed by atoms with van der Waals surface area (Å²) in [5.41, 5.74) is 0. The van der Waals surface area contributed by atoms with Crippen LogP contribution in [0.15, 0.2) is 29.2 Å². The van der Waals surface area contributed by atoms with Crippen molar-refractivity contribution in [3.63, 3.8) is 0 Å². The molecule has 0 amide bonds. The summed E-state index contributed by atoms with van der Waals surface area (Å²) in [6.45, 7) is 0. The average molecular weight is 299 g/mol. The molecule has 0 aliphatic rings. The molecule has 1 aromatic carbocycles. The van der Waals surface area contributed by atoms with Crippen LogP contribution < -0.4 is 4.74 Å². The van der Waals surface area contributed by atoms with Crippen LogP contribution in [0.4, 0.5) is 0 Å². The molecule has 0 aliphatic carbocycles. The maximum atomic E-state index is 5.23. The topological polar surface area (TPSA) is 9.23 Å². The minimum atomic E-state index is 0.953. The van der Waals surface area contributed by atoms with Gasteiger partial charge in [-0.3, -0.25) is 0 Å². The van der Waals surface area contributed by atoms with Crippen molar-refractivity contribution in [3.8, 4) is 5.75 Å². The number of unbranched alkanes of at least 4 members (excludes halogenated alkanes) is 6. The highest BCUT2D eigenvalue weighted by molar-refractivity contribution is 7.99. The Morgan fingerprint density at radius 1 is 1.00 bits per heavy atom. The Labute approximate surface area is 127 Å². The lowest BCUT2D eigenvalue weighted by atomic mass is 10.1. The fourth-order valence-electron chi connectivity index (χ4n) is 1.98. The molecule has 0 saturated heterocycles. The van der Waals surface area contributed by atoms with Gasteiger partial charge in [-0.15, -0.1) is 11.8 Å². The van der Waals surface area contributed by atoms with E-state index >= 15 is 0 Å². The van der Waals surface area contributed by atoms with Crippen LogP contribution in [0.25, 0.3) is 0 Å². The summed E-state index contributed by atoms with van der Waals surface area (Å²) in [6.07, 6.45) is 9.44. The molecule has 0 aromatic heterocycles. The van der Waals surface area contributed by atoms with Crippen molar-refractivity contribution < 1.29 is 4.74 Å². The van der Waals surface area contributed by atoms with Gasteiger partial charge < -0.3 is 4.74 Å². The second-order valence-corrected chi connectivity index (χ2v) is 6.34. The van der Waals surface area contributed by atoms with Crippen LogP contribution in [0.3, 0.4) is 0 Å². The number of thiol groups is 1. The fraction of sp³-hybridized carbons (Fsp3) is 0.625. The van der Waals surface area contributed by atoms with Gasteiger partial charge >= 0.3 is 0 Å². The van der Waals surface area contributed by atoms with Crippen molar-refractivity contribution in [2.75, 3.05) is 18.6 Å². The van der Waals surface area contributed by atoms with Crippen molar-refractivity contribution in [2.45, 2.75) is 49.8 Å². The van der Waals surface area contributed by atoms with Gasteiger partial charge in [0.15, 0.2) is 0 Å². The number of methoxy groups -OCH3 is 1. The molecule has 3 heteroatoms. The second kappa shape index (κ2) is 11.5. The molecule has 0 bridgehead atoms. The summed E-state index contributed by atoms with van der Waals surface area (Å²) in [6, 6.07) is 8.32. The minimum Gasteiger partial charge on any atom is -0.497 e. The van der Waals surface area contributed by atoms with Crippen molar-refractivity contribution in [2.24, 2.45) is 0 Å². The normalized spacial score (nSPS) is 10.6. The van der Waals surface area contributed by atoms with Gasteiger partial charge in [-0.25, -0.2) is 0 Å². The zero-order valence-corrected chi connectivity index (χ0v) is 13.6. The Morgan fingerprint density at radius 3 is 2.37 bits per heavy atom. The fourth-order valence-corrected chi connectivity index (χ4v) is 3.16. The lowest BCUT2D eigenvalue weighted by Gasteiger charge is -2.04. The number of hydrogen-bond donors (Lipinski definition) is 1. The van der Waals surface area contributed by atoms with Crippen LogP contribution in [-0.4, -0.2) is 18.6 Å². The summed E-state index contributed by atoms with van der Waals surface area (Å²) in [5, 5.41) is 0. The Morgan fingerprint density at radius 2 is 1.68 bits per heavy atom. The number of benzene rings is 1. The third-order valence-electron chi connectivity index (χ3n) is 3.11. The highest BCUT2D eigenvalue weighted by atomic mass is 32.2. The van der Waals surface area contributed by atoms with E-state index in [1.54, 1.807) is 7.11 Å². The van der Waals surface area contributed by atoms with Crippen LogP contribution in [0.1, 0.15) is 44.9 Å². The summed E-state index contributed by atoms with van der Waals surface area (Å²) in [7, 11) is 1.72. The standard InChI is InChI=1S/C16H26OS2/c1-17-15-10-9-11-16(14-15)19-13-8-6-4-2-3-5-7-12-18/h9-11,14,18H,2-8,12-13H2,1H3. The first-order valence-electron chi connectivity index (χ1n) is 7.24. The Kier molecular flexibility index (Phi) is 10.2. The Balaban J connectivity index is 1.98. The van der Waals surface area contributed by atoms with E-state index in [9.17, 15) is 0 Å². The predicted octanol–water partition coefficient (Wildman–Crippen LogP) is 5.45. The molecule has 0 aliphatic heterocycles. The van der Waals surface area contributed by atoms with Crippen molar-refractivity contribution in [3.05, 3.63) is 24.3 Å². The second-order valence-electron chi connectivity index (χ2n) is 4.73. The summed E-state index contributed by atoms with van der Waals surface area (Å²) in [4.78, 5) is 1.31. The highest BCUT2D eigenvalue weighted by Crippen LogP contribution is 2.24. The Bertz CT molecular complexity index is 328. The molecule has 0 spiro atoms. The lowest BCUT2D eigenvalue weighted by Crippen LogP contribution is -1.85. The SMILES string of the molecule is COc1cccc(SCCCCCCCCCS)c1. The van der Waals surface area contributed by atoms with Gasteiger partial charge in [0.1, 0.15) is 5.75 Å². The molecule has 108 valence electrons. The molecule has 0 fully saturated rings. The van der Waals surface area contributed by atoms with Gasteiger partial charge in [-0.1, -0.05) is 38.2 Å². The van der Waals surface area contributed by atoms with E-state index in [4.69, 9.17) is 4.74 Å². The van der Waals surface area contributed by atoms with E-state index in [2.05, 4.69) is 30.8 Å². The van der Waals surface area contributed by atoms with E-state index in [1.165, 1.54) is 55.6 Å². The van der Waals surface area contributed by atoms with Crippen LogP contribution in [0.2, 0.25) is 0 Å². The summed E-state index contributed by atoms with van der Waals surface area (Å²) in [5.74, 6) is 3.20. The zero-order chi connectivity index (χ0) is 13.8. The first-order chi connectivity index (χ1) is 9.36. The maximum Gasteiger partial charge on any atom is 0.119 e. The molecule has 0 unspecified atom stereocenters.